The molecule has 0 fully saturated rings. The molecule has 0 atom stereocenters. The maximum atomic E-state index is 11.7. The van der Waals surface area contributed by atoms with Crippen LogP contribution >= 0.6 is 0 Å². The van der Waals surface area contributed by atoms with Crippen LogP contribution in [0.4, 0.5) is 0 Å². The van der Waals surface area contributed by atoms with E-state index in [1.54, 1.807) is 0 Å². The van der Waals surface area contributed by atoms with Crippen LogP contribution in [0.3, 0.4) is 0 Å². The highest BCUT2D eigenvalue weighted by atomic mass is 15.0. The minimum Gasteiger partial charge on any atom is -0.309 e. The molecule has 0 saturated carbocycles. The van der Waals surface area contributed by atoms with Gasteiger partial charge in [0.05, 0.1) is 49.7 Å². The molecular weight excluding hydrogens is 897 g/mol. The lowest BCUT2D eigenvalue weighted by Gasteiger charge is -2.33. The average molecular weight is 939 g/mol. The minimum absolute atomic E-state index is 0.407. The minimum atomic E-state index is -0.641. The van der Waals surface area contributed by atoms with Crippen molar-refractivity contribution in [1.29, 1.82) is 10.5 Å². The fraction of sp³-hybridized carbons (Fsp3) is 0.0286. The third-order valence-corrected chi connectivity index (χ3v) is 16.3. The molecule has 15 rings (SSSR count). The third-order valence-electron chi connectivity index (χ3n) is 16.3. The highest BCUT2D eigenvalue weighted by Crippen LogP contribution is 2.61. The molecule has 2 aliphatic carbocycles. The van der Waals surface area contributed by atoms with Gasteiger partial charge in [-0.2, -0.15) is 10.5 Å². The van der Waals surface area contributed by atoms with Gasteiger partial charge < -0.3 is 9.13 Å². The summed E-state index contributed by atoms with van der Waals surface area (Å²) in [5.41, 5.74) is 18.8. The Morgan fingerprint density at radius 3 is 1.08 bits per heavy atom. The molecule has 0 spiro atoms. The molecule has 4 nitrogen and oxygen atoms in total. The molecule has 0 amide bonds. The number of benzene rings is 11. The Kier molecular flexibility index (Phi) is 8.89. The van der Waals surface area contributed by atoms with Gasteiger partial charge >= 0.3 is 0 Å². The molecule has 2 heterocycles. The van der Waals surface area contributed by atoms with Crippen molar-refractivity contribution in [3.8, 4) is 45.8 Å². The lowest BCUT2D eigenvalue weighted by atomic mass is 9.67. The quantitative estimate of drug-likeness (QED) is 0.167. The van der Waals surface area contributed by atoms with Gasteiger partial charge in [0.1, 0.15) is 12.1 Å². The van der Waals surface area contributed by atoms with Gasteiger partial charge in [-0.05, 0) is 79.9 Å². The molecule has 0 bridgehead atoms. The molecule has 0 saturated heterocycles. The van der Waals surface area contributed by atoms with Crippen molar-refractivity contribution >= 4 is 43.6 Å². The largest absolute Gasteiger partial charge is 0.309 e. The number of nitriles is 2. The normalized spacial score (nSPS) is 13.6. The maximum absolute atomic E-state index is 11.7. The van der Waals surface area contributed by atoms with Crippen molar-refractivity contribution in [2.75, 3.05) is 0 Å². The first-order valence-corrected chi connectivity index (χ1v) is 25.2. The number of hydrogen-bond acceptors (Lipinski definition) is 2. The summed E-state index contributed by atoms with van der Waals surface area (Å²) in [4.78, 5) is 0. The Hall–Kier alpha value is -10.0. The fourth-order valence-corrected chi connectivity index (χ4v) is 13.6. The molecule has 2 aliphatic rings. The van der Waals surface area contributed by atoms with Crippen LogP contribution in [-0.2, 0) is 10.8 Å². The van der Waals surface area contributed by atoms with E-state index >= 15 is 0 Å². The van der Waals surface area contributed by atoms with Gasteiger partial charge in [0.15, 0.2) is 0 Å². The number of nitrogens with zero attached hydrogens (tertiary/aromatic N) is 4. The summed E-state index contributed by atoms with van der Waals surface area (Å²) < 4.78 is 4.53. The fourth-order valence-electron chi connectivity index (χ4n) is 13.6. The van der Waals surface area contributed by atoms with E-state index in [4.69, 9.17) is 0 Å². The molecule has 2 aromatic heterocycles. The number of fused-ring (bicyclic) bond motifs is 14. The number of rotatable bonds is 6. The predicted octanol–water partition coefficient (Wildman–Crippen LogP) is 16.4. The molecule has 4 heteroatoms. The summed E-state index contributed by atoms with van der Waals surface area (Å²) in [6.07, 6.45) is 0. The first kappa shape index (κ1) is 41.8. The van der Waals surface area contributed by atoms with Crippen LogP contribution < -0.4 is 0 Å². The Morgan fingerprint density at radius 2 is 0.662 bits per heavy atom. The topological polar surface area (TPSA) is 57.4 Å². The number of aromatic nitrogens is 2. The average Bonchev–Trinajstić information content (AvgIpc) is 4.24. The van der Waals surface area contributed by atoms with Crippen LogP contribution in [0.1, 0.15) is 55.6 Å². The van der Waals surface area contributed by atoms with E-state index < -0.39 is 10.8 Å². The molecule has 11 aromatic carbocycles. The van der Waals surface area contributed by atoms with Gasteiger partial charge in [0.2, 0.25) is 0 Å². The van der Waals surface area contributed by atoms with Crippen molar-refractivity contribution < 1.29 is 0 Å². The van der Waals surface area contributed by atoms with Crippen molar-refractivity contribution in [3.05, 3.63) is 310 Å². The van der Waals surface area contributed by atoms with E-state index in [2.05, 4.69) is 264 Å². The Bertz CT molecular complexity index is 4440. The third kappa shape index (κ3) is 5.33. The van der Waals surface area contributed by atoms with Gasteiger partial charge in [0, 0.05) is 38.4 Å². The van der Waals surface area contributed by atoms with E-state index in [-0.39, 0.29) is 0 Å². The highest BCUT2D eigenvalue weighted by Gasteiger charge is 2.49. The number of para-hydroxylation sites is 2. The van der Waals surface area contributed by atoms with Crippen LogP contribution in [-0.4, -0.2) is 9.13 Å². The summed E-state index contributed by atoms with van der Waals surface area (Å²) >= 11 is 0. The summed E-state index contributed by atoms with van der Waals surface area (Å²) in [5, 5.41) is 27.7. The second-order valence-corrected chi connectivity index (χ2v) is 19.6. The molecule has 342 valence electrons. The zero-order chi connectivity index (χ0) is 49.1. The zero-order valence-corrected chi connectivity index (χ0v) is 40.0. The van der Waals surface area contributed by atoms with Crippen molar-refractivity contribution in [2.24, 2.45) is 0 Å². The summed E-state index contributed by atoms with van der Waals surface area (Å²) in [6, 6.07) is 96.5. The molecule has 0 aliphatic heterocycles. The summed E-state index contributed by atoms with van der Waals surface area (Å²) in [5.74, 6) is 0. The second-order valence-electron chi connectivity index (χ2n) is 19.6. The van der Waals surface area contributed by atoms with Crippen LogP contribution in [0.2, 0.25) is 0 Å². The van der Waals surface area contributed by atoms with E-state index in [1.807, 2.05) is 12.1 Å². The second kappa shape index (κ2) is 15.7. The molecule has 13 aromatic rings. The Morgan fingerprint density at radius 1 is 0.311 bits per heavy atom. The van der Waals surface area contributed by atoms with Crippen LogP contribution in [0.15, 0.2) is 255 Å². The van der Waals surface area contributed by atoms with Gasteiger partial charge in [-0.1, -0.05) is 231 Å². The van der Waals surface area contributed by atoms with Crippen molar-refractivity contribution in [2.45, 2.75) is 10.8 Å². The molecular formula is C70H42N4. The predicted molar refractivity (Wildman–Crippen MR) is 299 cm³/mol. The van der Waals surface area contributed by atoms with Crippen LogP contribution in [0, 0.1) is 22.7 Å². The summed E-state index contributed by atoms with van der Waals surface area (Å²) in [7, 11) is 0. The number of hydrogen-bond donors (Lipinski definition) is 0. The van der Waals surface area contributed by atoms with Gasteiger partial charge in [-0.15, -0.1) is 0 Å². The maximum Gasteiger partial charge on any atom is 0.101 e. The summed E-state index contributed by atoms with van der Waals surface area (Å²) in [6.45, 7) is 0. The standard InChI is InChI=1S/C70H42N4/c71-43-45-41-51(73-62-35-19-15-29-52(62)54-37-39-60-64(67(54)73)56-31-13-17-33-58(56)69(60,47-21-5-1-6-22-47)48-23-7-2-8-24-48)42-46(44-72)66(45)74-63-36-20-16-30-53(63)55-38-40-61-65(68(55)74)57-32-14-18-34-59(57)70(61,49-25-9-3-10-26-49)50-27-11-4-12-28-50/h1-42H. The van der Waals surface area contributed by atoms with Gasteiger partial charge in [-0.25, -0.2) is 0 Å². The highest BCUT2D eigenvalue weighted by molar-refractivity contribution is 6.18. The Labute approximate surface area is 428 Å². The molecule has 74 heavy (non-hydrogen) atoms. The lowest BCUT2D eigenvalue weighted by molar-refractivity contribution is 0.769. The molecule has 0 radical (unpaired) electrons. The van der Waals surface area contributed by atoms with E-state index in [9.17, 15) is 10.5 Å². The van der Waals surface area contributed by atoms with Crippen molar-refractivity contribution in [3.63, 3.8) is 0 Å². The smallest absolute Gasteiger partial charge is 0.101 e. The zero-order valence-electron chi connectivity index (χ0n) is 40.0. The van der Waals surface area contributed by atoms with Crippen LogP contribution in [0.5, 0.6) is 0 Å². The van der Waals surface area contributed by atoms with Crippen molar-refractivity contribution in [1.82, 2.24) is 9.13 Å². The van der Waals surface area contributed by atoms with Gasteiger partial charge in [0.25, 0.3) is 0 Å². The first-order chi connectivity index (χ1) is 36.7. The SMILES string of the molecule is N#Cc1cc(-n2c3ccccc3c3ccc4c(c32)-c2ccccc2C4(c2ccccc2)c2ccccc2)cc(C#N)c1-n1c2ccccc2c2ccc3c(c21)-c1ccccc1C3(c1ccccc1)c1ccccc1. The Balaban J connectivity index is 1.05. The van der Waals surface area contributed by atoms with E-state index in [0.29, 0.717) is 16.8 Å². The van der Waals surface area contributed by atoms with Gasteiger partial charge in [-0.3, -0.25) is 0 Å². The molecule has 0 unspecified atom stereocenters. The monoisotopic (exact) mass is 938 g/mol. The first-order valence-electron chi connectivity index (χ1n) is 25.2. The van der Waals surface area contributed by atoms with E-state index in [1.165, 1.54) is 38.9 Å². The molecule has 0 N–H and O–H groups in total. The lowest BCUT2D eigenvalue weighted by Crippen LogP contribution is -2.28. The van der Waals surface area contributed by atoms with E-state index in [0.717, 1.165) is 77.1 Å². The van der Waals surface area contributed by atoms with Crippen LogP contribution in [0.25, 0.3) is 77.2 Å².